The minimum Gasteiger partial charge on any atom is -0.391 e. The molecule has 0 aromatic carbocycles. The third-order valence-electron chi connectivity index (χ3n) is 2.23. The van der Waals surface area contributed by atoms with Crippen LogP contribution in [0, 0.1) is 0 Å². The van der Waals surface area contributed by atoms with Crippen LogP contribution in [0.15, 0.2) is 0 Å². The zero-order valence-corrected chi connectivity index (χ0v) is 11.6. The van der Waals surface area contributed by atoms with E-state index in [1.54, 1.807) is 6.92 Å². The van der Waals surface area contributed by atoms with Crippen molar-refractivity contribution >= 4 is 0 Å². The monoisotopic (exact) mass is 248 g/mol. The van der Waals surface area contributed by atoms with Gasteiger partial charge in [-0.3, -0.25) is 0 Å². The minimum absolute atomic E-state index is 0.00689. The third kappa shape index (κ3) is 12.1. The second-order valence-corrected chi connectivity index (χ2v) is 4.57. The smallest absolute Gasteiger partial charge is 0.0781 e. The largest absolute Gasteiger partial charge is 0.391 e. The first kappa shape index (κ1) is 16.8. The topological polar surface area (TPSA) is 47.9 Å². The molecule has 1 N–H and O–H groups in total. The zero-order chi connectivity index (χ0) is 13.1. The summed E-state index contributed by atoms with van der Waals surface area (Å²) in [4.78, 5) is 0. The Bertz CT molecular complexity index is 161. The summed E-state index contributed by atoms with van der Waals surface area (Å²) in [6.07, 6.45) is 1.96. The zero-order valence-electron chi connectivity index (χ0n) is 11.6. The molecule has 0 spiro atoms. The molecule has 0 saturated carbocycles. The van der Waals surface area contributed by atoms with E-state index in [0.717, 1.165) is 19.4 Å². The van der Waals surface area contributed by atoms with E-state index in [2.05, 4.69) is 6.92 Å². The van der Waals surface area contributed by atoms with Gasteiger partial charge < -0.3 is 19.3 Å². The van der Waals surface area contributed by atoms with Crippen LogP contribution in [0.1, 0.15) is 40.5 Å². The van der Waals surface area contributed by atoms with Crippen LogP contribution in [0.25, 0.3) is 0 Å². The predicted octanol–water partition coefficient (Wildman–Crippen LogP) is 1.99. The van der Waals surface area contributed by atoms with E-state index in [1.165, 1.54) is 0 Å². The quantitative estimate of drug-likeness (QED) is 0.568. The van der Waals surface area contributed by atoms with Gasteiger partial charge in [0.15, 0.2) is 0 Å². The van der Waals surface area contributed by atoms with Gasteiger partial charge in [-0.15, -0.1) is 0 Å². The summed E-state index contributed by atoms with van der Waals surface area (Å²) in [5, 5.41) is 9.05. The molecule has 0 bridgehead atoms. The Hall–Kier alpha value is -0.160. The van der Waals surface area contributed by atoms with Crippen molar-refractivity contribution in [2.75, 3.05) is 26.4 Å². The first-order valence-electron chi connectivity index (χ1n) is 6.55. The number of unbranched alkanes of at least 4 members (excludes halogenated alkanes) is 1. The molecule has 0 radical (unpaired) electrons. The molecule has 0 aromatic rings. The van der Waals surface area contributed by atoms with E-state index in [9.17, 15) is 0 Å². The summed E-state index contributed by atoms with van der Waals surface area (Å²) in [6.45, 7) is 10.1. The molecule has 0 rings (SSSR count). The van der Waals surface area contributed by atoms with E-state index in [4.69, 9.17) is 19.3 Å². The Kier molecular flexibility index (Phi) is 10.9. The summed E-state index contributed by atoms with van der Waals surface area (Å²) in [6, 6.07) is 0. The molecule has 0 heterocycles. The SMILES string of the molecule is CCCCO[C@@H](C)COC[C@@H](C)OC[C@@H](C)O. The van der Waals surface area contributed by atoms with Gasteiger partial charge in [-0.05, 0) is 27.2 Å². The Morgan fingerprint density at radius 1 is 0.941 bits per heavy atom. The maximum Gasteiger partial charge on any atom is 0.0781 e. The highest BCUT2D eigenvalue weighted by Gasteiger charge is 2.07. The summed E-state index contributed by atoms with van der Waals surface area (Å²) in [5.41, 5.74) is 0. The fourth-order valence-corrected chi connectivity index (χ4v) is 1.23. The highest BCUT2D eigenvalue weighted by Crippen LogP contribution is 1.99. The standard InChI is InChI=1S/C13H28O4/c1-5-6-7-16-12(3)9-15-10-13(4)17-8-11(2)14/h11-14H,5-10H2,1-4H3/t11-,12+,13-/m1/s1. The molecule has 0 amide bonds. The Morgan fingerprint density at radius 2 is 1.53 bits per heavy atom. The van der Waals surface area contributed by atoms with Gasteiger partial charge >= 0.3 is 0 Å². The van der Waals surface area contributed by atoms with E-state index in [1.807, 2.05) is 13.8 Å². The number of aliphatic hydroxyl groups excluding tert-OH is 1. The number of aliphatic hydroxyl groups is 1. The molecule has 0 aliphatic rings. The lowest BCUT2D eigenvalue weighted by Gasteiger charge is -2.17. The van der Waals surface area contributed by atoms with E-state index < -0.39 is 6.10 Å². The van der Waals surface area contributed by atoms with Gasteiger partial charge in [0.05, 0.1) is 38.1 Å². The lowest BCUT2D eigenvalue weighted by Crippen LogP contribution is -2.24. The fraction of sp³-hybridized carbons (Fsp3) is 1.00. The molecule has 17 heavy (non-hydrogen) atoms. The van der Waals surface area contributed by atoms with Crippen LogP contribution in [-0.2, 0) is 14.2 Å². The molecule has 0 saturated heterocycles. The maximum absolute atomic E-state index is 9.05. The van der Waals surface area contributed by atoms with Gasteiger partial charge in [-0.1, -0.05) is 13.3 Å². The van der Waals surface area contributed by atoms with E-state index in [0.29, 0.717) is 19.8 Å². The van der Waals surface area contributed by atoms with Gasteiger partial charge in [-0.2, -0.15) is 0 Å². The second kappa shape index (κ2) is 11.0. The van der Waals surface area contributed by atoms with Crippen molar-refractivity contribution in [3.8, 4) is 0 Å². The van der Waals surface area contributed by atoms with Gasteiger partial charge in [0, 0.05) is 6.61 Å². The van der Waals surface area contributed by atoms with Crippen LogP contribution < -0.4 is 0 Å². The van der Waals surface area contributed by atoms with Crippen molar-refractivity contribution < 1.29 is 19.3 Å². The highest BCUT2D eigenvalue weighted by molar-refractivity contribution is 4.53. The average Bonchev–Trinajstić information content (AvgIpc) is 2.27. The van der Waals surface area contributed by atoms with Crippen molar-refractivity contribution in [3.05, 3.63) is 0 Å². The van der Waals surface area contributed by atoms with Crippen LogP contribution in [0.5, 0.6) is 0 Å². The van der Waals surface area contributed by atoms with Gasteiger partial charge in [0.2, 0.25) is 0 Å². The van der Waals surface area contributed by atoms with Crippen LogP contribution in [0.2, 0.25) is 0 Å². The normalized spacial score (nSPS) is 16.8. The van der Waals surface area contributed by atoms with Crippen LogP contribution in [0.3, 0.4) is 0 Å². The second-order valence-electron chi connectivity index (χ2n) is 4.57. The van der Waals surface area contributed by atoms with Crippen LogP contribution in [-0.4, -0.2) is 49.8 Å². The summed E-state index contributed by atoms with van der Waals surface area (Å²) in [7, 11) is 0. The summed E-state index contributed by atoms with van der Waals surface area (Å²) < 4.78 is 16.4. The number of hydrogen-bond donors (Lipinski definition) is 1. The first-order valence-corrected chi connectivity index (χ1v) is 6.55. The highest BCUT2D eigenvalue weighted by atomic mass is 16.6. The molecule has 3 atom stereocenters. The van der Waals surface area contributed by atoms with E-state index >= 15 is 0 Å². The van der Waals surface area contributed by atoms with Crippen LogP contribution in [0.4, 0.5) is 0 Å². The summed E-state index contributed by atoms with van der Waals surface area (Å²) in [5.74, 6) is 0. The molecule has 104 valence electrons. The number of rotatable bonds is 11. The van der Waals surface area contributed by atoms with Gasteiger partial charge in [-0.25, -0.2) is 0 Å². The molecule has 0 aliphatic heterocycles. The van der Waals surface area contributed by atoms with Gasteiger partial charge in [0.25, 0.3) is 0 Å². The van der Waals surface area contributed by atoms with Crippen molar-refractivity contribution in [1.29, 1.82) is 0 Å². The minimum atomic E-state index is -0.422. The lowest BCUT2D eigenvalue weighted by molar-refractivity contribution is -0.0607. The molecule has 0 fully saturated rings. The van der Waals surface area contributed by atoms with E-state index in [-0.39, 0.29) is 12.2 Å². The molecule has 4 nitrogen and oxygen atoms in total. The number of hydrogen-bond acceptors (Lipinski definition) is 4. The molecular weight excluding hydrogens is 220 g/mol. The van der Waals surface area contributed by atoms with Gasteiger partial charge in [0.1, 0.15) is 0 Å². The molecule has 0 aliphatic carbocycles. The first-order chi connectivity index (χ1) is 8.06. The summed E-state index contributed by atoms with van der Waals surface area (Å²) >= 11 is 0. The molecular formula is C13H28O4. The fourth-order valence-electron chi connectivity index (χ4n) is 1.23. The van der Waals surface area contributed by atoms with Crippen molar-refractivity contribution in [3.63, 3.8) is 0 Å². The van der Waals surface area contributed by atoms with Crippen molar-refractivity contribution in [1.82, 2.24) is 0 Å². The average molecular weight is 248 g/mol. The number of ether oxygens (including phenoxy) is 3. The van der Waals surface area contributed by atoms with Crippen LogP contribution >= 0.6 is 0 Å². The molecule has 4 heteroatoms. The Morgan fingerprint density at radius 3 is 2.06 bits per heavy atom. The lowest BCUT2D eigenvalue weighted by atomic mass is 10.3. The maximum atomic E-state index is 9.05. The Balaban J connectivity index is 3.35. The van der Waals surface area contributed by atoms with Crippen molar-refractivity contribution in [2.24, 2.45) is 0 Å². The molecule has 0 aromatic heterocycles. The van der Waals surface area contributed by atoms with Crippen molar-refractivity contribution in [2.45, 2.75) is 58.8 Å². The Labute approximate surface area is 105 Å². The third-order valence-corrected chi connectivity index (χ3v) is 2.23. The molecule has 0 unspecified atom stereocenters. The predicted molar refractivity (Wildman–Crippen MR) is 68.2 cm³/mol.